The van der Waals surface area contributed by atoms with Gasteiger partial charge < -0.3 is 39.4 Å². The molecule has 2 atom stereocenters. The Kier molecular flexibility index (Phi) is 9.77. The number of aliphatic hydroxyl groups is 1. The van der Waals surface area contributed by atoms with Crippen molar-refractivity contribution in [3.05, 3.63) is 58.8 Å². The van der Waals surface area contributed by atoms with Crippen molar-refractivity contribution in [3.8, 4) is 23.0 Å². The van der Waals surface area contributed by atoms with E-state index in [1.807, 2.05) is 6.92 Å². The minimum Gasteiger partial charge on any atom is -0.497 e. The summed E-state index contributed by atoms with van der Waals surface area (Å²) in [7, 11) is 4.37. The van der Waals surface area contributed by atoms with Gasteiger partial charge in [-0.1, -0.05) is 6.07 Å². The molecule has 0 saturated heterocycles. The first-order valence-corrected chi connectivity index (χ1v) is 11.8. The first-order chi connectivity index (χ1) is 18.3. The lowest BCUT2D eigenvalue weighted by Crippen LogP contribution is -2.45. The maximum absolute atomic E-state index is 12.4. The van der Waals surface area contributed by atoms with Crippen LogP contribution in [-0.4, -0.2) is 64.1 Å². The number of nitrogens with zero attached hydrogens (tertiary/aromatic N) is 1. The molecule has 12 nitrogen and oxygen atoms in total. The zero-order valence-electron chi connectivity index (χ0n) is 21.9. The highest BCUT2D eigenvalue weighted by Crippen LogP contribution is 2.35. The third-order valence-corrected chi connectivity index (χ3v) is 5.54. The van der Waals surface area contributed by atoms with Gasteiger partial charge in [0.2, 0.25) is 0 Å². The van der Waals surface area contributed by atoms with Gasteiger partial charge in [0.15, 0.2) is 17.7 Å². The SMILES string of the molecule is CCOc1cc([C@@H]2NC(=O)NC(C)=C2C(=O)OC)ccc1OC[C@@H](O)N/N=C\c1ccc(OC)cc1OC. The summed E-state index contributed by atoms with van der Waals surface area (Å²) >= 11 is 0. The molecule has 0 aromatic heterocycles. The molecule has 4 N–H and O–H groups in total. The summed E-state index contributed by atoms with van der Waals surface area (Å²) in [6.07, 6.45) is 0.369. The molecule has 0 bridgehead atoms. The molecular weight excluding hydrogens is 496 g/mol. The van der Waals surface area contributed by atoms with Gasteiger partial charge >= 0.3 is 12.0 Å². The molecule has 0 fully saturated rings. The number of esters is 1. The van der Waals surface area contributed by atoms with Crippen molar-refractivity contribution in [3.63, 3.8) is 0 Å². The average molecular weight is 529 g/mol. The van der Waals surface area contributed by atoms with Crippen LogP contribution in [0.15, 0.2) is 52.8 Å². The quantitative estimate of drug-likeness (QED) is 0.141. The van der Waals surface area contributed by atoms with E-state index in [4.69, 9.17) is 23.7 Å². The van der Waals surface area contributed by atoms with Gasteiger partial charge in [-0.2, -0.15) is 5.10 Å². The minimum atomic E-state index is -1.13. The highest BCUT2D eigenvalue weighted by Gasteiger charge is 2.32. The van der Waals surface area contributed by atoms with Gasteiger partial charge in [-0.05, 0) is 43.7 Å². The number of ether oxygens (including phenoxy) is 5. The number of hydrogen-bond acceptors (Lipinski definition) is 10. The predicted octanol–water partition coefficient (Wildman–Crippen LogP) is 2.22. The van der Waals surface area contributed by atoms with Crippen molar-refractivity contribution in [1.29, 1.82) is 0 Å². The van der Waals surface area contributed by atoms with Crippen molar-refractivity contribution in [2.24, 2.45) is 5.10 Å². The number of amides is 2. The smallest absolute Gasteiger partial charge is 0.337 e. The number of allylic oxidation sites excluding steroid dienone is 1. The number of urea groups is 1. The van der Waals surface area contributed by atoms with E-state index < -0.39 is 24.3 Å². The fourth-order valence-electron chi connectivity index (χ4n) is 3.74. The number of carbonyl (C=O) groups excluding carboxylic acids is 2. The van der Waals surface area contributed by atoms with Crippen LogP contribution >= 0.6 is 0 Å². The Hall–Kier alpha value is -4.45. The molecule has 0 saturated carbocycles. The first kappa shape index (κ1) is 28.1. The number of nitrogens with one attached hydrogen (secondary N) is 3. The largest absolute Gasteiger partial charge is 0.497 e. The summed E-state index contributed by atoms with van der Waals surface area (Å²) in [4.78, 5) is 24.5. The Morgan fingerprint density at radius 1 is 1.11 bits per heavy atom. The van der Waals surface area contributed by atoms with Gasteiger partial charge in [0, 0.05) is 17.3 Å². The number of rotatable bonds is 12. The zero-order chi connectivity index (χ0) is 27.7. The highest BCUT2D eigenvalue weighted by molar-refractivity contribution is 5.95. The Labute approximate surface area is 220 Å². The normalized spacial score (nSPS) is 15.8. The molecule has 2 aromatic carbocycles. The Morgan fingerprint density at radius 3 is 2.58 bits per heavy atom. The average Bonchev–Trinajstić information content (AvgIpc) is 2.91. The molecular formula is C26H32N4O8. The maximum Gasteiger partial charge on any atom is 0.337 e. The van der Waals surface area contributed by atoms with Gasteiger partial charge in [-0.15, -0.1) is 0 Å². The molecule has 1 aliphatic heterocycles. The second-order valence-electron chi connectivity index (χ2n) is 8.02. The zero-order valence-corrected chi connectivity index (χ0v) is 21.9. The second kappa shape index (κ2) is 13.2. The Morgan fingerprint density at radius 2 is 1.89 bits per heavy atom. The Balaban J connectivity index is 1.70. The third-order valence-electron chi connectivity index (χ3n) is 5.54. The number of carbonyl (C=O) groups is 2. The number of hydrogen-bond donors (Lipinski definition) is 4. The summed E-state index contributed by atoms with van der Waals surface area (Å²) in [5.74, 6) is 1.37. The summed E-state index contributed by atoms with van der Waals surface area (Å²) in [6, 6.07) is 9.06. The molecule has 0 radical (unpaired) electrons. The van der Waals surface area contributed by atoms with Crippen LogP contribution in [0.5, 0.6) is 23.0 Å². The van der Waals surface area contributed by atoms with E-state index in [9.17, 15) is 14.7 Å². The molecule has 2 amide bonds. The van der Waals surface area contributed by atoms with Crippen LogP contribution in [-0.2, 0) is 9.53 Å². The van der Waals surface area contributed by atoms with E-state index in [1.165, 1.54) is 20.4 Å². The monoisotopic (exact) mass is 528 g/mol. The van der Waals surface area contributed by atoms with Crippen LogP contribution in [0.25, 0.3) is 0 Å². The summed E-state index contributed by atoms with van der Waals surface area (Å²) in [5, 5.41) is 19.7. The lowest BCUT2D eigenvalue weighted by atomic mass is 9.95. The Bertz CT molecular complexity index is 1210. The first-order valence-electron chi connectivity index (χ1n) is 11.8. The molecule has 204 valence electrons. The van der Waals surface area contributed by atoms with Gasteiger partial charge in [0.05, 0.1) is 45.8 Å². The van der Waals surface area contributed by atoms with Crippen molar-refractivity contribution in [2.75, 3.05) is 34.5 Å². The lowest BCUT2D eigenvalue weighted by molar-refractivity contribution is -0.136. The molecule has 1 heterocycles. The number of methoxy groups -OCH3 is 3. The van der Waals surface area contributed by atoms with Crippen LogP contribution < -0.4 is 35.0 Å². The van der Waals surface area contributed by atoms with Crippen LogP contribution in [0.2, 0.25) is 0 Å². The van der Waals surface area contributed by atoms with E-state index in [-0.39, 0.29) is 12.2 Å². The van der Waals surface area contributed by atoms with E-state index >= 15 is 0 Å². The van der Waals surface area contributed by atoms with Crippen LogP contribution in [0.4, 0.5) is 4.79 Å². The molecule has 0 aliphatic carbocycles. The van der Waals surface area contributed by atoms with Gasteiger partial charge in [-0.25, -0.2) is 9.59 Å². The van der Waals surface area contributed by atoms with E-state index in [1.54, 1.807) is 50.4 Å². The fraction of sp³-hybridized carbons (Fsp3) is 0.346. The van der Waals surface area contributed by atoms with Gasteiger partial charge in [-0.3, -0.25) is 5.43 Å². The predicted molar refractivity (Wildman–Crippen MR) is 139 cm³/mol. The molecule has 3 rings (SSSR count). The van der Waals surface area contributed by atoms with Crippen LogP contribution in [0.1, 0.15) is 31.0 Å². The fourth-order valence-corrected chi connectivity index (χ4v) is 3.74. The number of hydrazone groups is 1. The molecule has 2 aromatic rings. The van der Waals surface area contributed by atoms with Crippen LogP contribution in [0, 0.1) is 0 Å². The summed E-state index contributed by atoms with van der Waals surface area (Å²) < 4.78 is 26.9. The summed E-state index contributed by atoms with van der Waals surface area (Å²) in [5.41, 5.74) is 4.53. The van der Waals surface area contributed by atoms with Gasteiger partial charge in [0.25, 0.3) is 0 Å². The highest BCUT2D eigenvalue weighted by atomic mass is 16.5. The van der Waals surface area contributed by atoms with Crippen molar-refractivity contribution < 1.29 is 38.4 Å². The van der Waals surface area contributed by atoms with E-state index in [2.05, 4.69) is 21.2 Å². The minimum absolute atomic E-state index is 0.146. The molecule has 1 aliphatic rings. The maximum atomic E-state index is 12.4. The van der Waals surface area contributed by atoms with Crippen molar-refractivity contribution in [1.82, 2.24) is 16.1 Å². The molecule has 0 unspecified atom stereocenters. The van der Waals surface area contributed by atoms with E-state index in [0.29, 0.717) is 46.4 Å². The number of benzene rings is 2. The molecule has 12 heteroatoms. The standard InChI is InChI=1S/C26H32N4O8/c1-6-37-21-11-16(24-23(25(32)36-5)15(2)28-26(33)29-24)8-10-19(21)38-14-22(31)30-27-13-17-7-9-18(34-3)12-20(17)35-4/h7-13,22,24,30-31H,6,14H2,1-5H3,(H2,28,29,33)/b27-13-/t22-,24+/m1/s1. The molecule has 0 spiro atoms. The van der Waals surface area contributed by atoms with Gasteiger partial charge in [0.1, 0.15) is 18.1 Å². The summed E-state index contributed by atoms with van der Waals surface area (Å²) in [6.45, 7) is 3.63. The topological polar surface area (TPSA) is 149 Å². The third kappa shape index (κ3) is 6.85. The van der Waals surface area contributed by atoms with Crippen LogP contribution in [0.3, 0.4) is 0 Å². The second-order valence-corrected chi connectivity index (χ2v) is 8.02. The van der Waals surface area contributed by atoms with Crippen molar-refractivity contribution >= 4 is 18.2 Å². The molecule has 38 heavy (non-hydrogen) atoms. The van der Waals surface area contributed by atoms with Crippen molar-refractivity contribution in [2.45, 2.75) is 26.1 Å². The lowest BCUT2D eigenvalue weighted by Gasteiger charge is -2.28. The van der Waals surface area contributed by atoms with E-state index in [0.717, 1.165) is 0 Å². The number of aliphatic hydroxyl groups excluding tert-OH is 1.